The molecule has 5 N–H and O–H groups in total. The van der Waals surface area contributed by atoms with Crippen molar-refractivity contribution in [2.75, 3.05) is 26.4 Å². The fourth-order valence-corrected chi connectivity index (χ4v) is 3.73. The zero-order chi connectivity index (χ0) is 18.4. The Morgan fingerprint density at radius 1 is 1.21 bits per heavy atom. The van der Waals surface area contributed by atoms with Crippen LogP contribution in [0.1, 0.15) is 40.0 Å². The number of hydrogen-bond donors (Lipinski definition) is 5. The molecule has 1 fully saturated rings. The zero-order valence-corrected chi connectivity index (χ0v) is 14.6. The van der Waals surface area contributed by atoms with E-state index < -0.39 is 31.4 Å². The van der Waals surface area contributed by atoms with Gasteiger partial charge in [0.2, 0.25) is 6.08 Å². The molecule has 0 spiro atoms. The number of aliphatic hydroxyl groups is 3. The molecule has 1 rings (SSSR count). The summed E-state index contributed by atoms with van der Waals surface area (Å²) in [5.74, 6) is 0. The smallest absolute Gasteiger partial charge is 0.315 e. The second-order valence-corrected chi connectivity index (χ2v) is 8.00. The highest BCUT2D eigenvalue weighted by Gasteiger charge is 2.41. The largest absolute Gasteiger partial charge is 0.394 e. The van der Waals surface area contributed by atoms with Gasteiger partial charge in [-0.15, -0.1) is 0 Å². The van der Waals surface area contributed by atoms with Gasteiger partial charge in [-0.25, -0.2) is 14.6 Å². The van der Waals surface area contributed by atoms with Gasteiger partial charge in [-0.1, -0.05) is 20.8 Å². The van der Waals surface area contributed by atoms with E-state index in [2.05, 4.69) is 29.5 Å². The monoisotopic (exact) mass is 343 g/mol. The number of nitrogens with zero attached hydrogens (tertiary/aromatic N) is 1. The van der Waals surface area contributed by atoms with E-state index in [0.29, 0.717) is 13.0 Å². The first-order chi connectivity index (χ1) is 11.1. The number of hydrogen-bond acceptors (Lipinski definition) is 6. The Morgan fingerprint density at radius 3 is 2.29 bits per heavy atom. The topological polar surface area (TPSA) is 131 Å². The molecule has 0 aromatic heterocycles. The van der Waals surface area contributed by atoms with Gasteiger partial charge in [0.15, 0.2) is 0 Å². The number of isocyanates is 1. The van der Waals surface area contributed by atoms with Crippen LogP contribution in [0.5, 0.6) is 0 Å². The highest BCUT2D eigenvalue weighted by atomic mass is 16.3. The lowest BCUT2D eigenvalue weighted by Crippen LogP contribution is -2.60. The molecule has 1 aliphatic carbocycles. The summed E-state index contributed by atoms with van der Waals surface area (Å²) in [6.45, 7) is 4.86. The molecular formula is C16H29N3O5. The highest BCUT2D eigenvalue weighted by Crippen LogP contribution is 2.46. The SMILES string of the molecule is CC1(C)CC(N=C=O)CC(C)(CNC(=O)NC(CO)(CO)CO)C1. The normalized spacial score (nSPS) is 26.3. The van der Waals surface area contributed by atoms with Gasteiger partial charge in [-0.2, -0.15) is 0 Å². The molecule has 0 aliphatic heterocycles. The molecule has 2 atom stereocenters. The number of aliphatic imine (C=N–C) groups is 1. The van der Waals surface area contributed by atoms with Gasteiger partial charge >= 0.3 is 6.03 Å². The Balaban J connectivity index is 2.70. The summed E-state index contributed by atoms with van der Waals surface area (Å²) in [5, 5.41) is 32.9. The molecule has 0 bridgehead atoms. The van der Waals surface area contributed by atoms with Crippen molar-refractivity contribution in [3.8, 4) is 0 Å². The van der Waals surface area contributed by atoms with Gasteiger partial charge in [-0.3, -0.25) is 0 Å². The summed E-state index contributed by atoms with van der Waals surface area (Å²) in [6, 6.07) is -0.695. The molecule has 2 amide bonds. The molecule has 1 aliphatic rings. The Hall–Kier alpha value is -1.47. The lowest BCUT2D eigenvalue weighted by Gasteiger charge is -2.45. The fourth-order valence-electron chi connectivity index (χ4n) is 3.73. The van der Waals surface area contributed by atoms with Crippen molar-refractivity contribution in [3.05, 3.63) is 0 Å². The zero-order valence-electron chi connectivity index (χ0n) is 14.6. The molecule has 2 unspecified atom stereocenters. The molecular weight excluding hydrogens is 314 g/mol. The van der Waals surface area contributed by atoms with E-state index in [-0.39, 0.29) is 16.9 Å². The number of aliphatic hydroxyl groups excluding tert-OH is 3. The number of nitrogens with one attached hydrogen (secondary N) is 2. The quantitative estimate of drug-likeness (QED) is 0.326. The summed E-state index contributed by atoms with van der Waals surface area (Å²) in [4.78, 5) is 26.5. The van der Waals surface area contributed by atoms with E-state index in [1.54, 1.807) is 6.08 Å². The van der Waals surface area contributed by atoms with Gasteiger partial charge in [0, 0.05) is 6.54 Å². The Labute approximate surface area is 142 Å². The standard InChI is InChI=1S/C16H29N3O5/c1-14(2)4-12(18-11-23)5-15(3,6-14)7-17-13(24)19-16(8-20,9-21)10-22/h12,20-22H,4-10H2,1-3H3,(H2,17,19,24). The maximum absolute atomic E-state index is 12.0. The number of carbonyl (C=O) groups excluding carboxylic acids is 2. The number of urea groups is 1. The Morgan fingerprint density at radius 2 is 1.79 bits per heavy atom. The molecule has 8 nitrogen and oxygen atoms in total. The first kappa shape index (κ1) is 20.6. The third-order valence-electron chi connectivity index (χ3n) is 4.62. The molecule has 1 saturated carbocycles. The van der Waals surface area contributed by atoms with Crippen LogP contribution in [0.15, 0.2) is 4.99 Å². The van der Waals surface area contributed by atoms with Gasteiger partial charge in [0.25, 0.3) is 0 Å². The minimum absolute atomic E-state index is 0.0127. The Bertz CT molecular complexity index is 478. The first-order valence-corrected chi connectivity index (χ1v) is 8.09. The van der Waals surface area contributed by atoms with Crippen LogP contribution in [0.3, 0.4) is 0 Å². The van der Waals surface area contributed by atoms with E-state index in [0.717, 1.165) is 12.8 Å². The number of rotatable bonds is 7. The van der Waals surface area contributed by atoms with Crippen LogP contribution in [0.2, 0.25) is 0 Å². The summed E-state index contributed by atoms with van der Waals surface area (Å²) in [5.41, 5.74) is -1.72. The summed E-state index contributed by atoms with van der Waals surface area (Å²) in [7, 11) is 0. The van der Waals surface area contributed by atoms with Crippen LogP contribution in [0.25, 0.3) is 0 Å². The van der Waals surface area contributed by atoms with Crippen molar-refractivity contribution in [1.29, 1.82) is 0 Å². The molecule has 0 radical (unpaired) electrons. The van der Waals surface area contributed by atoms with Crippen LogP contribution >= 0.6 is 0 Å². The van der Waals surface area contributed by atoms with Crippen molar-refractivity contribution in [2.45, 2.75) is 51.6 Å². The maximum atomic E-state index is 12.0. The molecule has 138 valence electrons. The van der Waals surface area contributed by atoms with E-state index in [1.165, 1.54) is 0 Å². The average molecular weight is 343 g/mol. The average Bonchev–Trinajstić information content (AvgIpc) is 2.49. The summed E-state index contributed by atoms with van der Waals surface area (Å²) < 4.78 is 0. The third kappa shape index (κ3) is 5.56. The van der Waals surface area contributed by atoms with Crippen molar-refractivity contribution in [2.24, 2.45) is 15.8 Å². The van der Waals surface area contributed by atoms with E-state index in [1.807, 2.05) is 6.92 Å². The molecule has 0 heterocycles. The molecule has 0 aromatic carbocycles. The van der Waals surface area contributed by atoms with Crippen molar-refractivity contribution in [1.82, 2.24) is 10.6 Å². The predicted molar refractivity (Wildman–Crippen MR) is 88.2 cm³/mol. The van der Waals surface area contributed by atoms with Crippen LogP contribution in [-0.2, 0) is 4.79 Å². The number of amides is 2. The highest BCUT2D eigenvalue weighted by molar-refractivity contribution is 5.74. The van der Waals surface area contributed by atoms with E-state index in [9.17, 15) is 24.9 Å². The lowest BCUT2D eigenvalue weighted by molar-refractivity contribution is 0.0477. The van der Waals surface area contributed by atoms with Gasteiger partial charge in [0.05, 0.1) is 25.9 Å². The van der Waals surface area contributed by atoms with Gasteiger partial charge in [0.1, 0.15) is 5.54 Å². The molecule has 0 aromatic rings. The minimum Gasteiger partial charge on any atom is -0.394 e. The second-order valence-electron chi connectivity index (χ2n) is 8.00. The van der Waals surface area contributed by atoms with Crippen molar-refractivity contribution in [3.63, 3.8) is 0 Å². The predicted octanol–water partition coefficient (Wildman–Crippen LogP) is -0.0779. The molecule has 24 heavy (non-hydrogen) atoms. The summed E-state index contributed by atoms with van der Waals surface area (Å²) >= 11 is 0. The fraction of sp³-hybridized carbons (Fsp3) is 0.875. The number of carbonyl (C=O) groups is 1. The minimum atomic E-state index is -1.46. The van der Waals surface area contributed by atoms with Crippen molar-refractivity contribution >= 4 is 12.1 Å². The van der Waals surface area contributed by atoms with Crippen LogP contribution in [-0.4, -0.2) is 65.4 Å². The van der Waals surface area contributed by atoms with E-state index in [4.69, 9.17) is 0 Å². The molecule has 0 saturated heterocycles. The molecule has 8 heteroatoms. The van der Waals surface area contributed by atoms with E-state index >= 15 is 0 Å². The van der Waals surface area contributed by atoms with Crippen LogP contribution in [0, 0.1) is 10.8 Å². The van der Waals surface area contributed by atoms with Crippen LogP contribution < -0.4 is 10.6 Å². The van der Waals surface area contributed by atoms with Crippen LogP contribution in [0.4, 0.5) is 4.79 Å². The first-order valence-electron chi connectivity index (χ1n) is 8.09. The van der Waals surface area contributed by atoms with Crippen molar-refractivity contribution < 1.29 is 24.9 Å². The summed E-state index contributed by atoms with van der Waals surface area (Å²) in [6.07, 6.45) is 3.94. The maximum Gasteiger partial charge on any atom is 0.315 e. The lowest BCUT2D eigenvalue weighted by atomic mass is 9.63. The van der Waals surface area contributed by atoms with Gasteiger partial charge in [-0.05, 0) is 30.1 Å². The Kier molecular flexibility index (Phi) is 6.92. The van der Waals surface area contributed by atoms with Gasteiger partial charge < -0.3 is 26.0 Å². The second kappa shape index (κ2) is 8.07. The third-order valence-corrected chi connectivity index (χ3v) is 4.62.